The Morgan fingerprint density at radius 1 is 1.24 bits per heavy atom. The molecule has 0 spiro atoms. The Bertz CT molecular complexity index is 749. The van der Waals surface area contributed by atoms with Crippen LogP contribution in [0.2, 0.25) is 0 Å². The van der Waals surface area contributed by atoms with E-state index in [9.17, 15) is 8.42 Å². The van der Waals surface area contributed by atoms with Crippen LogP contribution in [-0.2, 0) is 10.0 Å². The second-order valence-electron chi connectivity index (χ2n) is 4.90. The number of fused-ring (bicyclic) bond motifs is 1. The maximum Gasteiger partial charge on any atom is 0.226 e. The predicted octanol–water partition coefficient (Wildman–Crippen LogP) is -0.524. The number of sulfonamides is 1. The summed E-state index contributed by atoms with van der Waals surface area (Å²) >= 11 is 0. The summed E-state index contributed by atoms with van der Waals surface area (Å²) in [5.74, 6) is 1.28. The fourth-order valence-electron chi connectivity index (χ4n) is 2.40. The van der Waals surface area contributed by atoms with E-state index in [1.807, 2.05) is 0 Å². The third-order valence-corrected chi connectivity index (χ3v) is 4.82. The van der Waals surface area contributed by atoms with Crippen molar-refractivity contribution in [3.63, 3.8) is 0 Å². The van der Waals surface area contributed by atoms with Crippen LogP contribution in [0.25, 0.3) is 11.0 Å². The highest BCUT2D eigenvalue weighted by Crippen LogP contribution is 2.25. The molecule has 10 heteroatoms. The van der Waals surface area contributed by atoms with Gasteiger partial charge in [0, 0.05) is 33.2 Å². The molecule has 2 aromatic rings. The number of hydrogen-bond donors (Lipinski definition) is 2. The van der Waals surface area contributed by atoms with Gasteiger partial charge in [0.15, 0.2) is 5.65 Å². The summed E-state index contributed by atoms with van der Waals surface area (Å²) < 4.78 is 24.6. The van der Waals surface area contributed by atoms with Gasteiger partial charge in [0.25, 0.3) is 0 Å². The van der Waals surface area contributed by atoms with E-state index in [0.29, 0.717) is 37.8 Å². The van der Waals surface area contributed by atoms with Gasteiger partial charge in [-0.15, -0.1) is 0 Å². The second-order valence-corrected chi connectivity index (χ2v) is 6.88. The van der Waals surface area contributed by atoms with Crippen LogP contribution in [0.1, 0.15) is 0 Å². The maximum absolute atomic E-state index is 11.6. The first-order chi connectivity index (χ1) is 9.99. The predicted molar refractivity (Wildman–Crippen MR) is 79.9 cm³/mol. The fraction of sp³-hybridized carbons (Fsp3) is 0.545. The van der Waals surface area contributed by atoms with Crippen molar-refractivity contribution in [2.24, 2.45) is 0 Å². The number of anilines is 2. The molecule has 114 valence electrons. The number of hydrogen-bond acceptors (Lipinski definition) is 7. The SMILES string of the molecule is CNc1nc(N2CCN(S(C)(=O)=O)CC2)c2cn[nH]c2n1. The summed E-state index contributed by atoms with van der Waals surface area (Å²) in [6, 6.07) is 0. The van der Waals surface area contributed by atoms with Gasteiger partial charge in [0.2, 0.25) is 16.0 Å². The van der Waals surface area contributed by atoms with E-state index >= 15 is 0 Å². The van der Waals surface area contributed by atoms with Gasteiger partial charge in [-0.2, -0.15) is 19.4 Å². The number of aromatic amines is 1. The normalized spacial score (nSPS) is 17.3. The van der Waals surface area contributed by atoms with Crippen molar-refractivity contribution in [2.75, 3.05) is 49.7 Å². The van der Waals surface area contributed by atoms with Crippen LogP contribution < -0.4 is 10.2 Å². The van der Waals surface area contributed by atoms with Gasteiger partial charge in [-0.3, -0.25) is 5.10 Å². The van der Waals surface area contributed by atoms with E-state index in [1.165, 1.54) is 10.6 Å². The Morgan fingerprint density at radius 3 is 2.57 bits per heavy atom. The average molecular weight is 311 g/mol. The summed E-state index contributed by atoms with van der Waals surface area (Å²) in [6.45, 7) is 2.09. The lowest BCUT2D eigenvalue weighted by Gasteiger charge is -2.34. The Kier molecular flexibility index (Phi) is 3.41. The van der Waals surface area contributed by atoms with Crippen molar-refractivity contribution >= 4 is 32.8 Å². The lowest BCUT2D eigenvalue weighted by Crippen LogP contribution is -2.48. The van der Waals surface area contributed by atoms with Crippen molar-refractivity contribution in [2.45, 2.75) is 0 Å². The molecule has 9 nitrogen and oxygen atoms in total. The molecule has 3 rings (SSSR count). The molecule has 0 aromatic carbocycles. The van der Waals surface area contributed by atoms with E-state index in [4.69, 9.17) is 0 Å². The van der Waals surface area contributed by atoms with E-state index in [2.05, 4.69) is 30.4 Å². The van der Waals surface area contributed by atoms with Crippen LogP contribution in [0.4, 0.5) is 11.8 Å². The van der Waals surface area contributed by atoms with Gasteiger partial charge < -0.3 is 10.2 Å². The molecule has 21 heavy (non-hydrogen) atoms. The van der Waals surface area contributed by atoms with Crippen LogP contribution in [-0.4, -0.2) is 72.4 Å². The second kappa shape index (κ2) is 5.11. The summed E-state index contributed by atoms with van der Waals surface area (Å²) in [5.41, 5.74) is 0.662. The standard InChI is InChI=1S/C11H17N7O2S/c1-12-11-14-9-8(7-13-16-9)10(15-11)17-3-5-18(6-4-17)21(2,19)20/h7H,3-6H2,1-2H3,(H2,12,13,14,15,16). The molecule has 0 bridgehead atoms. The smallest absolute Gasteiger partial charge is 0.226 e. The molecule has 0 atom stereocenters. The lowest BCUT2D eigenvalue weighted by atomic mass is 10.3. The molecule has 0 aliphatic carbocycles. The monoisotopic (exact) mass is 311 g/mol. The number of nitrogens with one attached hydrogen (secondary N) is 2. The number of piperazine rings is 1. The van der Waals surface area contributed by atoms with Crippen LogP contribution in [0, 0.1) is 0 Å². The molecular formula is C11H17N7O2S. The van der Waals surface area contributed by atoms with E-state index < -0.39 is 10.0 Å². The minimum absolute atomic E-state index is 0.455. The molecule has 1 saturated heterocycles. The summed E-state index contributed by atoms with van der Waals surface area (Å²) in [7, 11) is -1.38. The number of H-pyrrole nitrogens is 1. The van der Waals surface area contributed by atoms with Crippen molar-refractivity contribution in [3.05, 3.63) is 6.20 Å². The first kappa shape index (κ1) is 14.0. The summed E-state index contributed by atoms with van der Waals surface area (Å²) in [5, 5.41) is 10.6. The zero-order chi connectivity index (χ0) is 15.0. The highest BCUT2D eigenvalue weighted by atomic mass is 32.2. The number of nitrogens with zero attached hydrogens (tertiary/aromatic N) is 5. The van der Waals surface area contributed by atoms with Gasteiger partial charge in [0.1, 0.15) is 5.82 Å². The van der Waals surface area contributed by atoms with Crippen molar-refractivity contribution in [1.29, 1.82) is 0 Å². The molecule has 1 aliphatic rings. The summed E-state index contributed by atoms with van der Waals surface area (Å²) in [6.07, 6.45) is 2.92. The average Bonchev–Trinajstić information content (AvgIpc) is 2.93. The van der Waals surface area contributed by atoms with E-state index in [0.717, 1.165) is 11.2 Å². The molecule has 0 amide bonds. The van der Waals surface area contributed by atoms with Gasteiger partial charge in [-0.1, -0.05) is 0 Å². The zero-order valence-corrected chi connectivity index (χ0v) is 12.7. The fourth-order valence-corrected chi connectivity index (χ4v) is 3.23. The quantitative estimate of drug-likeness (QED) is 0.785. The van der Waals surface area contributed by atoms with Gasteiger partial charge in [0.05, 0.1) is 17.8 Å². The molecule has 3 heterocycles. The van der Waals surface area contributed by atoms with Crippen LogP contribution in [0.3, 0.4) is 0 Å². The molecule has 0 unspecified atom stereocenters. The molecule has 2 aromatic heterocycles. The molecule has 2 N–H and O–H groups in total. The Balaban J connectivity index is 1.90. The largest absolute Gasteiger partial charge is 0.357 e. The molecular weight excluding hydrogens is 294 g/mol. The zero-order valence-electron chi connectivity index (χ0n) is 11.9. The van der Waals surface area contributed by atoms with Crippen molar-refractivity contribution in [3.8, 4) is 0 Å². The third-order valence-electron chi connectivity index (χ3n) is 3.52. The number of aromatic nitrogens is 4. The topological polar surface area (TPSA) is 107 Å². The highest BCUT2D eigenvalue weighted by molar-refractivity contribution is 7.88. The van der Waals surface area contributed by atoms with Gasteiger partial charge in [-0.25, -0.2) is 8.42 Å². The minimum atomic E-state index is -3.13. The van der Waals surface area contributed by atoms with Crippen LogP contribution in [0.15, 0.2) is 6.20 Å². The van der Waals surface area contributed by atoms with Crippen LogP contribution in [0.5, 0.6) is 0 Å². The van der Waals surface area contributed by atoms with Crippen molar-refractivity contribution < 1.29 is 8.42 Å². The molecule has 0 radical (unpaired) electrons. The first-order valence-corrected chi connectivity index (χ1v) is 8.43. The van der Waals surface area contributed by atoms with E-state index in [1.54, 1.807) is 13.2 Å². The van der Waals surface area contributed by atoms with Gasteiger partial charge >= 0.3 is 0 Å². The van der Waals surface area contributed by atoms with E-state index in [-0.39, 0.29) is 0 Å². The third kappa shape index (κ3) is 2.63. The minimum Gasteiger partial charge on any atom is -0.357 e. The maximum atomic E-state index is 11.6. The Hall–Kier alpha value is -1.94. The van der Waals surface area contributed by atoms with Gasteiger partial charge in [-0.05, 0) is 0 Å². The number of rotatable bonds is 3. The Labute approximate surface area is 122 Å². The molecule has 1 aliphatic heterocycles. The van der Waals surface area contributed by atoms with Crippen LogP contribution >= 0.6 is 0 Å². The van der Waals surface area contributed by atoms with Crippen molar-refractivity contribution in [1.82, 2.24) is 24.5 Å². The molecule has 1 fully saturated rings. The highest BCUT2D eigenvalue weighted by Gasteiger charge is 2.25. The summed E-state index contributed by atoms with van der Waals surface area (Å²) in [4.78, 5) is 10.8. The Morgan fingerprint density at radius 2 is 1.95 bits per heavy atom. The lowest BCUT2D eigenvalue weighted by molar-refractivity contribution is 0.387. The molecule has 0 saturated carbocycles. The first-order valence-electron chi connectivity index (χ1n) is 6.58.